The Morgan fingerprint density at radius 2 is 1.93 bits per heavy atom. The minimum atomic E-state index is -0.642. The molecule has 2 N–H and O–H groups in total. The maximum Gasteiger partial charge on any atom is 0.248 e. The van der Waals surface area contributed by atoms with Crippen molar-refractivity contribution in [2.75, 3.05) is 26.7 Å². The van der Waals surface area contributed by atoms with Crippen LogP contribution in [0.2, 0.25) is 0 Å². The summed E-state index contributed by atoms with van der Waals surface area (Å²) >= 11 is 0. The normalized spacial score (nSPS) is 12.2. The van der Waals surface area contributed by atoms with Gasteiger partial charge in [-0.3, -0.25) is 9.59 Å². The van der Waals surface area contributed by atoms with Crippen molar-refractivity contribution >= 4 is 16.7 Å². The molecule has 2 aromatic carbocycles. The van der Waals surface area contributed by atoms with Crippen molar-refractivity contribution in [1.82, 2.24) is 9.88 Å². The number of aromatic nitrogens is 1. The molecule has 1 unspecified atom stereocenters. The Morgan fingerprint density at radius 1 is 1.14 bits per heavy atom. The maximum atomic E-state index is 12.1. The van der Waals surface area contributed by atoms with Crippen LogP contribution in [-0.2, 0) is 0 Å². The number of carbonyl (C=O) groups excluding carboxylic acids is 1. The van der Waals surface area contributed by atoms with E-state index in [1.807, 2.05) is 48.3 Å². The molecule has 6 heteroatoms. The van der Waals surface area contributed by atoms with E-state index in [0.29, 0.717) is 18.7 Å². The van der Waals surface area contributed by atoms with Gasteiger partial charge in [0.15, 0.2) is 5.78 Å². The number of carbonyl (C=O) groups is 1. The Labute approximate surface area is 169 Å². The largest absolute Gasteiger partial charge is 0.491 e. The van der Waals surface area contributed by atoms with Crippen LogP contribution in [0.5, 0.6) is 5.75 Å². The standard InChI is InChI=1S/C23H26N2O4/c1-25(13-5-8-22(27)17-6-3-2-4-7-17)15-19(26)16-29-20-10-11-21-18(14-20)9-12-23(28)24-21/h2-4,6-7,9-12,14,19,26H,5,8,13,15-16H2,1H3,(H,24,28). The summed E-state index contributed by atoms with van der Waals surface area (Å²) in [6.07, 6.45) is 0.581. The van der Waals surface area contributed by atoms with Crippen molar-refractivity contribution in [3.63, 3.8) is 0 Å². The Bertz CT molecular complexity index is 1000. The average Bonchev–Trinajstić information content (AvgIpc) is 2.72. The number of hydrogen-bond acceptors (Lipinski definition) is 5. The quantitative estimate of drug-likeness (QED) is 0.517. The summed E-state index contributed by atoms with van der Waals surface area (Å²) in [7, 11) is 1.92. The summed E-state index contributed by atoms with van der Waals surface area (Å²) in [5, 5.41) is 11.1. The number of benzene rings is 2. The maximum absolute atomic E-state index is 12.1. The zero-order chi connectivity index (χ0) is 20.6. The molecule has 3 aromatic rings. The molecule has 0 fully saturated rings. The lowest BCUT2D eigenvalue weighted by atomic mass is 10.1. The van der Waals surface area contributed by atoms with Crippen LogP contribution in [0.1, 0.15) is 23.2 Å². The van der Waals surface area contributed by atoms with Gasteiger partial charge in [0.05, 0.1) is 0 Å². The zero-order valence-electron chi connectivity index (χ0n) is 16.5. The number of hydrogen-bond donors (Lipinski definition) is 2. The molecular weight excluding hydrogens is 368 g/mol. The fourth-order valence-corrected chi connectivity index (χ4v) is 3.20. The van der Waals surface area contributed by atoms with Gasteiger partial charge in [0.2, 0.25) is 5.56 Å². The number of nitrogens with zero attached hydrogens (tertiary/aromatic N) is 1. The third kappa shape index (κ3) is 6.27. The third-order valence-corrected chi connectivity index (χ3v) is 4.70. The smallest absolute Gasteiger partial charge is 0.248 e. The topological polar surface area (TPSA) is 82.6 Å². The Hall–Kier alpha value is -2.96. The van der Waals surface area contributed by atoms with Gasteiger partial charge in [-0.1, -0.05) is 30.3 Å². The molecular formula is C23H26N2O4. The van der Waals surface area contributed by atoms with Crippen LogP contribution in [0.4, 0.5) is 0 Å². The molecule has 0 saturated carbocycles. The second-order valence-electron chi connectivity index (χ2n) is 7.19. The van der Waals surface area contributed by atoms with Gasteiger partial charge in [0.25, 0.3) is 0 Å². The predicted octanol–water partition coefficient (Wildman–Crippen LogP) is 2.86. The lowest BCUT2D eigenvalue weighted by Gasteiger charge is -2.20. The molecule has 0 radical (unpaired) electrons. The molecule has 1 heterocycles. The van der Waals surface area contributed by atoms with Gasteiger partial charge >= 0.3 is 0 Å². The van der Waals surface area contributed by atoms with E-state index in [-0.39, 0.29) is 17.9 Å². The number of nitrogens with one attached hydrogen (secondary N) is 1. The summed E-state index contributed by atoms with van der Waals surface area (Å²) < 4.78 is 5.68. The molecule has 0 aliphatic rings. The fraction of sp³-hybridized carbons (Fsp3) is 0.304. The van der Waals surface area contributed by atoms with Crippen molar-refractivity contribution in [3.05, 3.63) is 76.6 Å². The molecule has 0 bridgehead atoms. The van der Waals surface area contributed by atoms with Crippen molar-refractivity contribution in [1.29, 1.82) is 0 Å². The van der Waals surface area contributed by atoms with Gasteiger partial charge in [-0.15, -0.1) is 0 Å². The summed E-state index contributed by atoms with van der Waals surface area (Å²) in [4.78, 5) is 28.2. The van der Waals surface area contributed by atoms with E-state index >= 15 is 0 Å². The van der Waals surface area contributed by atoms with Crippen LogP contribution < -0.4 is 10.3 Å². The minimum absolute atomic E-state index is 0.139. The van der Waals surface area contributed by atoms with Gasteiger partial charge in [0, 0.05) is 35.5 Å². The number of aliphatic hydroxyl groups is 1. The first-order valence-corrected chi connectivity index (χ1v) is 9.72. The van der Waals surface area contributed by atoms with Gasteiger partial charge in [0.1, 0.15) is 18.5 Å². The number of ketones is 1. The van der Waals surface area contributed by atoms with Gasteiger partial charge < -0.3 is 19.7 Å². The van der Waals surface area contributed by atoms with E-state index in [2.05, 4.69) is 4.98 Å². The summed E-state index contributed by atoms with van der Waals surface area (Å²) in [5.74, 6) is 0.778. The highest BCUT2D eigenvalue weighted by Gasteiger charge is 2.11. The monoisotopic (exact) mass is 394 g/mol. The molecule has 1 atom stereocenters. The number of pyridine rings is 1. The molecule has 3 rings (SSSR count). The second kappa shape index (κ2) is 10.0. The SMILES string of the molecule is CN(CCCC(=O)c1ccccc1)CC(O)COc1ccc2[nH]c(=O)ccc2c1. The van der Waals surface area contributed by atoms with E-state index in [0.717, 1.165) is 29.4 Å². The zero-order valence-corrected chi connectivity index (χ0v) is 16.5. The van der Waals surface area contributed by atoms with Gasteiger partial charge in [-0.2, -0.15) is 0 Å². The van der Waals surface area contributed by atoms with E-state index in [1.54, 1.807) is 18.2 Å². The van der Waals surface area contributed by atoms with Crippen LogP contribution >= 0.6 is 0 Å². The molecule has 1 aromatic heterocycles. The highest BCUT2D eigenvalue weighted by atomic mass is 16.5. The van der Waals surface area contributed by atoms with Crippen LogP contribution in [-0.4, -0.2) is 53.6 Å². The number of H-pyrrole nitrogens is 1. The molecule has 0 aliphatic heterocycles. The van der Waals surface area contributed by atoms with Crippen LogP contribution in [0.3, 0.4) is 0 Å². The molecule has 0 saturated heterocycles. The number of aliphatic hydroxyl groups excluding tert-OH is 1. The van der Waals surface area contributed by atoms with Crippen molar-refractivity contribution in [3.8, 4) is 5.75 Å². The van der Waals surface area contributed by atoms with E-state index < -0.39 is 6.10 Å². The predicted molar refractivity (Wildman–Crippen MR) is 114 cm³/mol. The van der Waals surface area contributed by atoms with Gasteiger partial charge in [-0.25, -0.2) is 0 Å². The summed E-state index contributed by atoms with van der Waals surface area (Å²) in [6, 6.07) is 17.9. The van der Waals surface area contributed by atoms with Crippen LogP contribution in [0.25, 0.3) is 10.9 Å². The molecule has 0 aliphatic carbocycles. The minimum Gasteiger partial charge on any atom is -0.491 e. The third-order valence-electron chi connectivity index (χ3n) is 4.70. The fourth-order valence-electron chi connectivity index (χ4n) is 3.20. The first-order valence-electron chi connectivity index (χ1n) is 9.72. The van der Waals surface area contributed by atoms with Crippen molar-refractivity contribution < 1.29 is 14.6 Å². The van der Waals surface area contributed by atoms with Crippen LogP contribution in [0.15, 0.2) is 65.5 Å². The number of likely N-dealkylation sites (N-methyl/N-ethyl adjacent to an activating group) is 1. The Kier molecular flexibility index (Phi) is 7.16. The highest BCUT2D eigenvalue weighted by Crippen LogP contribution is 2.18. The second-order valence-corrected chi connectivity index (χ2v) is 7.19. The molecule has 0 amide bonds. The van der Waals surface area contributed by atoms with Crippen LogP contribution in [0, 0.1) is 0 Å². The first kappa shape index (κ1) is 20.8. The summed E-state index contributed by atoms with van der Waals surface area (Å²) in [5.41, 5.74) is 1.34. The average molecular weight is 394 g/mol. The first-order chi connectivity index (χ1) is 14.0. The van der Waals surface area contributed by atoms with Crippen molar-refractivity contribution in [2.24, 2.45) is 0 Å². The number of Topliss-reactive ketones (excluding diaryl/α,β-unsaturated/α-hetero) is 1. The molecule has 6 nitrogen and oxygen atoms in total. The summed E-state index contributed by atoms with van der Waals surface area (Å²) in [6.45, 7) is 1.35. The highest BCUT2D eigenvalue weighted by molar-refractivity contribution is 5.95. The van der Waals surface area contributed by atoms with Crippen molar-refractivity contribution in [2.45, 2.75) is 18.9 Å². The Morgan fingerprint density at radius 3 is 2.72 bits per heavy atom. The number of fused-ring (bicyclic) bond motifs is 1. The van der Waals surface area contributed by atoms with E-state index in [9.17, 15) is 14.7 Å². The molecule has 152 valence electrons. The molecule has 29 heavy (non-hydrogen) atoms. The number of aromatic amines is 1. The Balaban J connectivity index is 1.39. The number of ether oxygens (including phenoxy) is 1. The van der Waals surface area contributed by atoms with Gasteiger partial charge in [-0.05, 0) is 44.3 Å². The lowest BCUT2D eigenvalue weighted by molar-refractivity contribution is 0.0754. The lowest BCUT2D eigenvalue weighted by Crippen LogP contribution is -2.33. The number of rotatable bonds is 10. The van der Waals surface area contributed by atoms with E-state index in [1.165, 1.54) is 6.07 Å². The molecule has 0 spiro atoms. The van der Waals surface area contributed by atoms with E-state index in [4.69, 9.17) is 4.74 Å².